The fraction of sp³-hybridized carbons (Fsp3) is 0.750. The van der Waals surface area contributed by atoms with Crippen LogP contribution < -0.4 is 0 Å². The predicted molar refractivity (Wildman–Crippen MR) is 85.8 cm³/mol. The molecule has 5 heteroatoms. The van der Waals surface area contributed by atoms with Crippen molar-refractivity contribution in [3.05, 3.63) is 15.6 Å². The van der Waals surface area contributed by atoms with Crippen molar-refractivity contribution in [2.75, 3.05) is 13.6 Å². The molecule has 0 unspecified atom stereocenters. The van der Waals surface area contributed by atoms with Crippen LogP contribution >= 0.6 is 11.3 Å². The molecule has 1 saturated carbocycles. The molecule has 0 bridgehead atoms. The number of aliphatic hydroxyl groups is 1. The van der Waals surface area contributed by atoms with E-state index in [1.54, 1.807) is 11.9 Å². The Hall–Kier alpha value is -0.940. The van der Waals surface area contributed by atoms with E-state index in [0.29, 0.717) is 12.5 Å². The highest BCUT2D eigenvalue weighted by Crippen LogP contribution is 2.31. The number of amides is 1. The maximum atomic E-state index is 12.6. The summed E-state index contributed by atoms with van der Waals surface area (Å²) in [6.45, 7) is 6.62. The summed E-state index contributed by atoms with van der Waals surface area (Å²) in [5.41, 5.74) is 0.120. The number of rotatable bonds is 5. The standard InChI is InChI=1S/C16H26N2O2S/c1-11(2)9-13-17-12(3)14(21-13)15(19)18(4)10-16(20)7-5-6-8-16/h11,20H,5-10H2,1-4H3. The summed E-state index contributed by atoms with van der Waals surface area (Å²) < 4.78 is 0. The fourth-order valence-electron chi connectivity index (χ4n) is 2.97. The minimum atomic E-state index is -0.691. The highest BCUT2D eigenvalue weighted by Gasteiger charge is 2.34. The van der Waals surface area contributed by atoms with Gasteiger partial charge in [-0.25, -0.2) is 4.98 Å². The molecule has 0 saturated heterocycles. The van der Waals surface area contributed by atoms with Crippen molar-refractivity contribution >= 4 is 17.2 Å². The number of carbonyl (C=O) groups is 1. The molecule has 1 amide bonds. The average Bonchev–Trinajstić information content (AvgIpc) is 2.94. The van der Waals surface area contributed by atoms with Crippen molar-refractivity contribution in [1.82, 2.24) is 9.88 Å². The minimum Gasteiger partial charge on any atom is -0.388 e. The lowest BCUT2D eigenvalue weighted by Gasteiger charge is -2.28. The molecular weight excluding hydrogens is 284 g/mol. The zero-order chi connectivity index (χ0) is 15.6. The molecule has 1 N–H and O–H groups in total. The van der Waals surface area contributed by atoms with Crippen LogP contribution in [-0.4, -0.2) is 40.1 Å². The number of aromatic nitrogens is 1. The smallest absolute Gasteiger partial charge is 0.265 e. The first-order valence-electron chi connectivity index (χ1n) is 7.75. The van der Waals surface area contributed by atoms with Gasteiger partial charge in [0.05, 0.1) is 16.3 Å². The number of likely N-dealkylation sites (N-methyl/N-ethyl adjacent to an activating group) is 1. The zero-order valence-corrected chi connectivity index (χ0v) is 14.3. The Morgan fingerprint density at radius 2 is 2.05 bits per heavy atom. The molecule has 0 aliphatic heterocycles. The predicted octanol–water partition coefficient (Wildman–Crippen LogP) is 3.03. The lowest BCUT2D eigenvalue weighted by Crippen LogP contribution is -2.42. The van der Waals surface area contributed by atoms with Gasteiger partial charge in [0.2, 0.25) is 0 Å². The number of nitrogens with zero attached hydrogens (tertiary/aromatic N) is 2. The lowest BCUT2D eigenvalue weighted by molar-refractivity contribution is 0.0158. The van der Waals surface area contributed by atoms with E-state index in [0.717, 1.165) is 47.7 Å². The van der Waals surface area contributed by atoms with Crippen molar-refractivity contribution < 1.29 is 9.90 Å². The van der Waals surface area contributed by atoms with Gasteiger partial charge in [-0.1, -0.05) is 26.7 Å². The van der Waals surface area contributed by atoms with Crippen LogP contribution in [0, 0.1) is 12.8 Å². The molecule has 1 aromatic rings. The lowest BCUT2D eigenvalue weighted by atomic mass is 10.0. The first-order valence-corrected chi connectivity index (χ1v) is 8.56. The van der Waals surface area contributed by atoms with Crippen LogP contribution in [0.3, 0.4) is 0 Å². The maximum Gasteiger partial charge on any atom is 0.265 e. The second-order valence-corrected chi connectivity index (χ2v) is 7.80. The normalized spacial score (nSPS) is 17.4. The van der Waals surface area contributed by atoms with Crippen LogP contribution in [0.25, 0.3) is 0 Å². The van der Waals surface area contributed by atoms with Crippen LogP contribution in [0.2, 0.25) is 0 Å². The SMILES string of the molecule is Cc1nc(CC(C)C)sc1C(=O)N(C)CC1(O)CCCC1. The van der Waals surface area contributed by atoms with Crippen molar-refractivity contribution in [2.45, 2.75) is 58.5 Å². The van der Waals surface area contributed by atoms with E-state index in [-0.39, 0.29) is 5.91 Å². The van der Waals surface area contributed by atoms with Crippen LogP contribution in [0.15, 0.2) is 0 Å². The molecule has 1 fully saturated rings. The largest absolute Gasteiger partial charge is 0.388 e. The molecule has 1 aliphatic rings. The molecule has 0 aromatic carbocycles. The Labute approximate surface area is 131 Å². The highest BCUT2D eigenvalue weighted by atomic mass is 32.1. The molecule has 0 spiro atoms. The second kappa shape index (κ2) is 6.44. The molecule has 0 atom stereocenters. The van der Waals surface area contributed by atoms with Crippen molar-refractivity contribution in [1.29, 1.82) is 0 Å². The van der Waals surface area contributed by atoms with Gasteiger partial charge >= 0.3 is 0 Å². The Bertz CT molecular complexity index is 504. The van der Waals surface area contributed by atoms with Crippen LogP contribution in [0.4, 0.5) is 0 Å². The van der Waals surface area contributed by atoms with Gasteiger partial charge in [0.25, 0.3) is 5.91 Å². The monoisotopic (exact) mass is 310 g/mol. The summed E-state index contributed by atoms with van der Waals surface area (Å²) in [7, 11) is 1.78. The third kappa shape index (κ3) is 4.04. The summed E-state index contributed by atoms with van der Waals surface area (Å²) in [5, 5.41) is 11.5. The topological polar surface area (TPSA) is 53.4 Å². The molecule has 0 radical (unpaired) electrons. The van der Waals surface area contributed by atoms with Gasteiger partial charge in [0, 0.05) is 20.0 Å². The Balaban J connectivity index is 2.06. The molecule has 21 heavy (non-hydrogen) atoms. The van der Waals surface area contributed by atoms with Gasteiger partial charge in [-0.3, -0.25) is 4.79 Å². The fourth-order valence-corrected chi connectivity index (χ4v) is 4.24. The number of thiazole rings is 1. The van der Waals surface area contributed by atoms with E-state index in [1.165, 1.54) is 11.3 Å². The Kier molecular flexibility index (Phi) is 5.04. The van der Waals surface area contributed by atoms with E-state index in [1.807, 2.05) is 6.92 Å². The Morgan fingerprint density at radius 3 is 2.62 bits per heavy atom. The summed E-state index contributed by atoms with van der Waals surface area (Å²) in [4.78, 5) is 19.5. The third-order valence-electron chi connectivity index (χ3n) is 4.03. The summed E-state index contributed by atoms with van der Waals surface area (Å²) in [6, 6.07) is 0. The third-order valence-corrected chi connectivity index (χ3v) is 5.20. The van der Waals surface area contributed by atoms with Crippen molar-refractivity contribution in [3.63, 3.8) is 0 Å². The average molecular weight is 310 g/mol. The number of hydrogen-bond acceptors (Lipinski definition) is 4. The quantitative estimate of drug-likeness (QED) is 0.909. The van der Waals surface area contributed by atoms with Gasteiger partial charge in [-0.05, 0) is 25.7 Å². The molecule has 4 nitrogen and oxygen atoms in total. The second-order valence-electron chi connectivity index (χ2n) is 6.71. The summed E-state index contributed by atoms with van der Waals surface area (Å²) >= 11 is 1.50. The number of carbonyl (C=O) groups excluding carboxylic acids is 1. The minimum absolute atomic E-state index is 0.0136. The molecule has 1 heterocycles. The maximum absolute atomic E-state index is 12.6. The summed E-state index contributed by atoms with van der Waals surface area (Å²) in [5.74, 6) is 0.524. The van der Waals surface area contributed by atoms with Crippen LogP contribution in [0.5, 0.6) is 0 Å². The molecule has 1 aliphatic carbocycles. The van der Waals surface area contributed by atoms with E-state index < -0.39 is 5.60 Å². The van der Waals surface area contributed by atoms with Crippen LogP contribution in [0.1, 0.15) is 59.9 Å². The van der Waals surface area contributed by atoms with Gasteiger partial charge in [-0.2, -0.15) is 0 Å². The summed E-state index contributed by atoms with van der Waals surface area (Å²) in [6.07, 6.45) is 4.61. The number of hydrogen-bond donors (Lipinski definition) is 1. The molecule has 2 rings (SSSR count). The molecule has 118 valence electrons. The number of aryl methyl sites for hydroxylation is 1. The van der Waals surface area contributed by atoms with Gasteiger partial charge < -0.3 is 10.0 Å². The van der Waals surface area contributed by atoms with E-state index in [4.69, 9.17) is 0 Å². The first-order chi connectivity index (χ1) is 9.81. The Morgan fingerprint density at radius 1 is 1.43 bits per heavy atom. The van der Waals surface area contributed by atoms with Crippen LogP contribution in [-0.2, 0) is 6.42 Å². The zero-order valence-electron chi connectivity index (χ0n) is 13.5. The highest BCUT2D eigenvalue weighted by molar-refractivity contribution is 7.13. The first kappa shape index (κ1) is 16.4. The van der Waals surface area contributed by atoms with Gasteiger partial charge in [-0.15, -0.1) is 11.3 Å². The van der Waals surface area contributed by atoms with Gasteiger partial charge in [0.15, 0.2) is 0 Å². The molecule has 1 aromatic heterocycles. The van der Waals surface area contributed by atoms with E-state index >= 15 is 0 Å². The van der Waals surface area contributed by atoms with E-state index in [2.05, 4.69) is 18.8 Å². The van der Waals surface area contributed by atoms with Crippen molar-refractivity contribution in [3.8, 4) is 0 Å². The van der Waals surface area contributed by atoms with E-state index in [9.17, 15) is 9.90 Å². The van der Waals surface area contributed by atoms with Crippen molar-refractivity contribution in [2.24, 2.45) is 5.92 Å². The van der Waals surface area contributed by atoms with Gasteiger partial charge in [0.1, 0.15) is 4.88 Å². The molecular formula is C16H26N2O2S.